The molecule has 1 atom stereocenters. The number of carbonyl (C=O) groups excluding carboxylic acids is 1. The monoisotopic (exact) mass is 275 g/mol. The maximum atomic E-state index is 11.5. The van der Waals surface area contributed by atoms with Gasteiger partial charge in [-0.05, 0) is 5.87 Å². The molecule has 1 amide bonds. The van der Waals surface area contributed by atoms with E-state index in [9.17, 15) is 14.9 Å². The number of benzene rings is 1. The van der Waals surface area contributed by atoms with Crippen molar-refractivity contribution in [3.05, 3.63) is 45.5 Å². The Bertz CT molecular complexity index is 635. The lowest BCUT2D eigenvalue weighted by Gasteiger charge is -2.24. The third-order valence-corrected chi connectivity index (χ3v) is 3.20. The summed E-state index contributed by atoms with van der Waals surface area (Å²) in [7, 11) is 0. The molecule has 2 N–H and O–H groups in total. The highest BCUT2D eigenvalue weighted by molar-refractivity contribution is 7.80. The van der Waals surface area contributed by atoms with Gasteiger partial charge >= 0.3 is 0 Å². The molecule has 0 aromatic heterocycles. The van der Waals surface area contributed by atoms with Crippen molar-refractivity contribution in [2.45, 2.75) is 12.3 Å². The summed E-state index contributed by atoms with van der Waals surface area (Å²) in [5.41, 5.74) is 0.584. The fraction of sp³-hybridized carbons (Fsp3) is 0.167. The van der Waals surface area contributed by atoms with Crippen LogP contribution in [0.15, 0.2) is 29.8 Å². The summed E-state index contributed by atoms with van der Waals surface area (Å²) in [4.78, 5) is 22.1. The van der Waals surface area contributed by atoms with Gasteiger partial charge in [0.15, 0.2) is 0 Å². The molecule has 0 bridgehead atoms. The Labute approximate surface area is 113 Å². The minimum absolute atomic E-state index is 0.0200. The van der Waals surface area contributed by atoms with Gasteiger partial charge < -0.3 is 5.32 Å². The first-order valence-corrected chi connectivity index (χ1v) is 5.82. The molecule has 0 unspecified atom stereocenters. The number of nitrogens with one attached hydrogen (secondary N) is 2. The first-order valence-electron chi connectivity index (χ1n) is 5.41. The molecular weight excluding hydrogens is 266 g/mol. The normalized spacial score (nSPS) is 18.7. The van der Waals surface area contributed by atoms with Crippen LogP contribution in [0, 0.1) is 15.5 Å². The summed E-state index contributed by atoms with van der Waals surface area (Å²) in [6, 6.07) is 6.14. The number of thiocarbonyl (C=S) groups is 1. The van der Waals surface area contributed by atoms with Gasteiger partial charge in [-0.2, -0.15) is 0 Å². The Morgan fingerprint density at radius 3 is 2.79 bits per heavy atom. The smallest absolute Gasteiger partial charge is 0.273 e. The Morgan fingerprint density at radius 2 is 2.16 bits per heavy atom. The number of amides is 1. The molecule has 0 aliphatic carbocycles. The zero-order valence-electron chi connectivity index (χ0n) is 9.67. The van der Waals surface area contributed by atoms with Crippen LogP contribution in [0.25, 0.3) is 0 Å². The van der Waals surface area contributed by atoms with Crippen molar-refractivity contribution in [1.29, 1.82) is 5.41 Å². The molecule has 96 valence electrons. The Kier molecular flexibility index (Phi) is 3.50. The quantitative estimate of drug-likeness (QED) is 0.282. The molecule has 0 saturated carbocycles. The van der Waals surface area contributed by atoms with E-state index in [2.05, 4.69) is 11.2 Å². The second-order valence-corrected chi connectivity index (χ2v) is 4.40. The zero-order valence-corrected chi connectivity index (χ0v) is 10.5. The first kappa shape index (κ1) is 13.1. The zero-order chi connectivity index (χ0) is 14.0. The lowest BCUT2D eigenvalue weighted by molar-refractivity contribution is -0.385. The molecule has 1 aromatic carbocycles. The van der Waals surface area contributed by atoms with Crippen molar-refractivity contribution in [3.63, 3.8) is 0 Å². The van der Waals surface area contributed by atoms with E-state index in [-0.39, 0.29) is 23.0 Å². The number of hydrogen-bond acceptors (Lipinski definition) is 5. The van der Waals surface area contributed by atoms with E-state index >= 15 is 0 Å². The highest BCUT2D eigenvalue weighted by Crippen LogP contribution is 2.35. The fourth-order valence-electron chi connectivity index (χ4n) is 2.05. The molecule has 2 rings (SSSR count). The summed E-state index contributed by atoms with van der Waals surface area (Å²) in [6.07, 6.45) is 0.0200. The topological polar surface area (TPSA) is 96.1 Å². The van der Waals surface area contributed by atoms with Crippen molar-refractivity contribution in [1.82, 2.24) is 5.32 Å². The fourth-order valence-corrected chi connectivity index (χ4v) is 2.36. The van der Waals surface area contributed by atoms with Gasteiger partial charge in [0.25, 0.3) is 5.69 Å². The molecule has 1 aromatic rings. The van der Waals surface area contributed by atoms with Crippen molar-refractivity contribution >= 4 is 34.7 Å². The molecule has 1 fully saturated rings. The van der Waals surface area contributed by atoms with Gasteiger partial charge in [-0.25, -0.2) is 0 Å². The van der Waals surface area contributed by atoms with Crippen molar-refractivity contribution in [3.8, 4) is 0 Å². The van der Waals surface area contributed by atoms with Crippen molar-refractivity contribution in [2.24, 2.45) is 0 Å². The van der Waals surface area contributed by atoms with E-state index < -0.39 is 10.8 Å². The van der Waals surface area contributed by atoms with Gasteiger partial charge in [-0.15, -0.1) is 0 Å². The maximum absolute atomic E-state index is 11.5. The summed E-state index contributed by atoms with van der Waals surface area (Å²) in [6.45, 7) is 0. The van der Waals surface area contributed by atoms with Crippen LogP contribution in [0.4, 0.5) is 5.69 Å². The summed E-state index contributed by atoms with van der Waals surface area (Å²) >= 11 is 4.97. The van der Waals surface area contributed by atoms with Crippen molar-refractivity contribution in [2.75, 3.05) is 0 Å². The summed E-state index contributed by atoms with van der Waals surface area (Å²) < 4.78 is 0. The number of rotatable bonds is 2. The minimum Gasteiger partial charge on any atom is -0.316 e. The first-order chi connectivity index (χ1) is 9.04. The van der Waals surface area contributed by atoms with E-state index in [0.29, 0.717) is 11.1 Å². The standard InChI is InChI=1S/C12H9N3O3S/c13-6-9-8(5-11(16)14-12(9)19)7-3-1-2-4-10(7)15(17)18/h1-4,8,13H,5H2,(H,14,16,19)/t8-/m0/s1. The van der Waals surface area contributed by atoms with E-state index in [1.807, 2.05) is 0 Å². The van der Waals surface area contributed by atoms with Gasteiger partial charge in [0.1, 0.15) is 4.99 Å². The second kappa shape index (κ2) is 5.09. The largest absolute Gasteiger partial charge is 0.316 e. The number of nitrogens with zero attached hydrogens (tertiary/aromatic N) is 1. The van der Waals surface area contributed by atoms with E-state index in [0.717, 1.165) is 0 Å². The van der Waals surface area contributed by atoms with E-state index in [1.54, 1.807) is 18.2 Å². The molecule has 19 heavy (non-hydrogen) atoms. The minimum atomic E-state index is -0.597. The van der Waals surface area contributed by atoms with Gasteiger partial charge in [0, 0.05) is 24.0 Å². The van der Waals surface area contributed by atoms with Crippen LogP contribution >= 0.6 is 12.2 Å². The van der Waals surface area contributed by atoms with Gasteiger partial charge in [0.05, 0.1) is 10.5 Å². The van der Waals surface area contributed by atoms with Crippen LogP contribution in [0.1, 0.15) is 17.9 Å². The predicted molar refractivity (Wildman–Crippen MR) is 72.4 cm³/mol. The van der Waals surface area contributed by atoms with Crippen LogP contribution < -0.4 is 5.32 Å². The highest BCUT2D eigenvalue weighted by atomic mass is 32.1. The van der Waals surface area contributed by atoms with Crippen LogP contribution in [-0.2, 0) is 4.79 Å². The molecule has 1 heterocycles. The molecular formula is C12H9N3O3S. The summed E-state index contributed by atoms with van der Waals surface area (Å²) in [5.74, 6) is 1.27. The molecule has 6 nitrogen and oxygen atoms in total. The van der Waals surface area contributed by atoms with Gasteiger partial charge in [-0.3, -0.25) is 20.3 Å². The molecule has 1 aliphatic heterocycles. The molecule has 0 radical (unpaired) electrons. The van der Waals surface area contributed by atoms with Crippen LogP contribution in [-0.4, -0.2) is 21.7 Å². The van der Waals surface area contributed by atoms with Crippen molar-refractivity contribution < 1.29 is 9.72 Å². The van der Waals surface area contributed by atoms with Crippen LogP contribution in [0.2, 0.25) is 0 Å². The third-order valence-electron chi connectivity index (χ3n) is 2.88. The number of nitro benzene ring substituents is 1. The van der Waals surface area contributed by atoms with Crippen LogP contribution in [0.3, 0.4) is 0 Å². The molecule has 0 spiro atoms. The Balaban J connectivity index is 2.56. The Morgan fingerprint density at radius 1 is 1.47 bits per heavy atom. The second-order valence-electron chi connectivity index (χ2n) is 3.99. The third kappa shape index (κ3) is 2.42. The maximum Gasteiger partial charge on any atom is 0.273 e. The average Bonchev–Trinajstić information content (AvgIpc) is 2.37. The number of piperidine rings is 1. The van der Waals surface area contributed by atoms with E-state index in [1.165, 1.54) is 6.07 Å². The molecule has 1 saturated heterocycles. The predicted octanol–water partition coefficient (Wildman–Crippen LogP) is 1.70. The number of hydrogen-bond donors (Lipinski definition) is 2. The molecule has 1 aliphatic rings. The number of para-hydroxylation sites is 1. The lowest BCUT2D eigenvalue weighted by Crippen LogP contribution is -2.39. The molecule has 7 heteroatoms. The number of nitro groups is 1. The van der Waals surface area contributed by atoms with E-state index in [4.69, 9.17) is 17.6 Å². The van der Waals surface area contributed by atoms with Gasteiger partial charge in [-0.1, -0.05) is 30.4 Å². The Hall–Kier alpha value is -2.37. The SMILES string of the molecule is N=C=C1C(=S)NC(=O)C[C@H]1c1ccccc1[N+](=O)[O-]. The average molecular weight is 275 g/mol. The highest BCUT2D eigenvalue weighted by Gasteiger charge is 2.33. The number of carbonyl (C=O) groups is 1. The lowest BCUT2D eigenvalue weighted by atomic mass is 9.85. The summed E-state index contributed by atoms with van der Waals surface area (Å²) in [5, 5.41) is 20.7. The van der Waals surface area contributed by atoms with Crippen LogP contribution in [0.5, 0.6) is 0 Å². The van der Waals surface area contributed by atoms with Gasteiger partial charge in [0.2, 0.25) is 5.91 Å².